The van der Waals surface area contributed by atoms with Gasteiger partial charge < -0.3 is 10.4 Å². The minimum Gasteiger partial charge on any atom is -0.477 e. The molecule has 9 heteroatoms. The molecule has 0 fully saturated rings. The van der Waals surface area contributed by atoms with Gasteiger partial charge in [0.25, 0.3) is 5.69 Å². The van der Waals surface area contributed by atoms with E-state index in [1.54, 1.807) is 12.3 Å². The third-order valence-electron chi connectivity index (χ3n) is 2.37. The molecular formula is C11H8FN3O4S. The number of thiazole rings is 1. The molecule has 7 nitrogen and oxygen atoms in total. The van der Waals surface area contributed by atoms with E-state index in [2.05, 4.69) is 10.3 Å². The van der Waals surface area contributed by atoms with Crippen LogP contribution in [0.4, 0.5) is 20.9 Å². The molecule has 0 radical (unpaired) electrons. The van der Waals surface area contributed by atoms with E-state index in [1.807, 2.05) is 0 Å². The Hall–Kier alpha value is -2.55. The van der Waals surface area contributed by atoms with Crippen LogP contribution < -0.4 is 5.32 Å². The predicted octanol–water partition coefficient (Wildman–Crippen LogP) is 2.94. The van der Waals surface area contributed by atoms with Crippen molar-refractivity contribution in [2.45, 2.75) is 6.92 Å². The first kappa shape index (κ1) is 13.9. The van der Waals surface area contributed by atoms with Crippen LogP contribution in [0.3, 0.4) is 0 Å². The number of aromatic carboxylic acids is 1. The lowest BCUT2D eigenvalue weighted by atomic mass is 10.1. The van der Waals surface area contributed by atoms with E-state index in [-0.39, 0.29) is 5.69 Å². The van der Waals surface area contributed by atoms with Crippen LogP contribution in [0.15, 0.2) is 17.5 Å². The molecule has 1 aromatic carbocycles. The Kier molecular flexibility index (Phi) is 3.61. The Labute approximate surface area is 115 Å². The van der Waals surface area contributed by atoms with Crippen molar-refractivity contribution in [1.82, 2.24) is 4.98 Å². The number of nitro benzene ring substituents is 1. The number of carboxylic acids is 1. The summed E-state index contributed by atoms with van der Waals surface area (Å²) in [6.07, 6.45) is 0. The van der Waals surface area contributed by atoms with E-state index in [0.717, 1.165) is 11.8 Å². The highest BCUT2D eigenvalue weighted by Gasteiger charge is 2.23. The zero-order valence-electron chi connectivity index (χ0n) is 10.1. The van der Waals surface area contributed by atoms with E-state index in [4.69, 9.17) is 5.11 Å². The van der Waals surface area contributed by atoms with Gasteiger partial charge in [0.2, 0.25) is 0 Å². The van der Waals surface area contributed by atoms with E-state index in [0.29, 0.717) is 11.2 Å². The quantitative estimate of drug-likeness (QED) is 0.664. The summed E-state index contributed by atoms with van der Waals surface area (Å²) in [5, 5.41) is 24.3. The first-order chi connectivity index (χ1) is 9.38. The molecule has 2 aromatic rings. The summed E-state index contributed by atoms with van der Waals surface area (Å²) in [6.45, 7) is 1.75. The van der Waals surface area contributed by atoms with Crippen LogP contribution >= 0.6 is 11.3 Å². The van der Waals surface area contributed by atoms with Gasteiger partial charge in [-0.05, 0) is 13.0 Å². The van der Waals surface area contributed by atoms with Gasteiger partial charge in [-0.15, -0.1) is 11.3 Å². The van der Waals surface area contributed by atoms with Gasteiger partial charge in [-0.25, -0.2) is 14.2 Å². The average Bonchev–Trinajstić information content (AvgIpc) is 2.76. The van der Waals surface area contributed by atoms with Crippen LogP contribution in [0.1, 0.15) is 16.1 Å². The Morgan fingerprint density at radius 2 is 2.25 bits per heavy atom. The number of nitrogens with one attached hydrogen (secondary N) is 1. The number of anilines is 2. The van der Waals surface area contributed by atoms with Crippen LogP contribution in [0.25, 0.3) is 0 Å². The third kappa shape index (κ3) is 2.72. The van der Waals surface area contributed by atoms with Gasteiger partial charge in [-0.2, -0.15) is 0 Å². The molecule has 0 aliphatic rings. The van der Waals surface area contributed by atoms with Crippen LogP contribution in [-0.4, -0.2) is 21.0 Å². The number of benzene rings is 1. The minimum atomic E-state index is -1.50. The highest BCUT2D eigenvalue weighted by molar-refractivity contribution is 7.13. The average molecular weight is 297 g/mol. The summed E-state index contributed by atoms with van der Waals surface area (Å²) in [5.74, 6) is -2.43. The number of hydrogen-bond donors (Lipinski definition) is 2. The number of aromatic nitrogens is 1. The van der Waals surface area contributed by atoms with Gasteiger partial charge >= 0.3 is 5.97 Å². The molecule has 2 N–H and O–H groups in total. The van der Waals surface area contributed by atoms with Gasteiger partial charge in [0.15, 0.2) is 10.9 Å². The Bertz CT molecular complexity index is 701. The maximum Gasteiger partial charge on any atom is 0.342 e. The fraction of sp³-hybridized carbons (Fsp3) is 0.0909. The summed E-state index contributed by atoms with van der Waals surface area (Å²) in [6, 6.07) is 1.46. The van der Waals surface area contributed by atoms with Crippen molar-refractivity contribution < 1.29 is 19.2 Å². The molecule has 1 heterocycles. The number of carboxylic acid groups (broad SMARTS) is 1. The van der Waals surface area contributed by atoms with Crippen LogP contribution in [0.5, 0.6) is 0 Å². The molecule has 0 saturated heterocycles. The standard InChI is InChI=1S/C11H8FN3O4S/c1-5-4-20-11(13-5)14-8-2-6(10(16)17)9(15(18)19)3-7(8)12/h2-4H,1H3,(H,13,14)(H,16,17). The number of nitrogens with zero attached hydrogens (tertiary/aromatic N) is 2. The van der Waals surface area contributed by atoms with E-state index < -0.39 is 28.0 Å². The predicted molar refractivity (Wildman–Crippen MR) is 70.1 cm³/mol. The molecule has 2 rings (SSSR count). The van der Waals surface area contributed by atoms with Crippen LogP contribution in [-0.2, 0) is 0 Å². The number of aryl methyl sites for hydroxylation is 1. The SMILES string of the molecule is Cc1csc(Nc2cc(C(=O)O)c([N+](=O)[O-])cc2F)n1. The van der Waals surface area contributed by atoms with Gasteiger partial charge in [0, 0.05) is 5.38 Å². The number of carbonyl (C=O) groups is 1. The summed E-state index contributed by atoms with van der Waals surface area (Å²) < 4.78 is 13.8. The maximum absolute atomic E-state index is 13.8. The molecule has 0 aliphatic carbocycles. The molecule has 0 unspecified atom stereocenters. The topological polar surface area (TPSA) is 105 Å². The molecule has 1 aromatic heterocycles. The number of hydrogen-bond acceptors (Lipinski definition) is 6. The summed E-state index contributed by atoms with van der Waals surface area (Å²) >= 11 is 1.21. The molecule has 0 atom stereocenters. The van der Waals surface area contributed by atoms with Crippen molar-refractivity contribution in [2.75, 3.05) is 5.32 Å². The van der Waals surface area contributed by atoms with Crippen molar-refractivity contribution in [2.24, 2.45) is 0 Å². The fourth-order valence-electron chi connectivity index (χ4n) is 1.51. The number of halogens is 1. The lowest BCUT2D eigenvalue weighted by Crippen LogP contribution is -2.05. The largest absolute Gasteiger partial charge is 0.477 e. The first-order valence-electron chi connectivity index (χ1n) is 5.29. The zero-order valence-corrected chi connectivity index (χ0v) is 10.9. The highest BCUT2D eigenvalue weighted by atomic mass is 32.1. The molecule has 0 saturated carbocycles. The lowest BCUT2D eigenvalue weighted by Gasteiger charge is -2.06. The summed E-state index contributed by atoms with van der Waals surface area (Å²) in [7, 11) is 0. The lowest BCUT2D eigenvalue weighted by molar-refractivity contribution is -0.385. The molecular weight excluding hydrogens is 289 g/mol. The summed E-state index contributed by atoms with van der Waals surface area (Å²) in [4.78, 5) is 24.8. The van der Waals surface area contributed by atoms with Crippen LogP contribution in [0.2, 0.25) is 0 Å². The van der Waals surface area contributed by atoms with Gasteiger partial charge in [0.1, 0.15) is 5.56 Å². The molecule has 0 spiro atoms. The first-order valence-corrected chi connectivity index (χ1v) is 6.17. The fourth-order valence-corrected chi connectivity index (χ4v) is 2.21. The summed E-state index contributed by atoms with van der Waals surface area (Å²) in [5.41, 5.74) is -0.844. The number of rotatable bonds is 4. The van der Waals surface area contributed by atoms with Crippen molar-refractivity contribution in [3.63, 3.8) is 0 Å². The Balaban J connectivity index is 2.46. The molecule has 0 amide bonds. The molecule has 20 heavy (non-hydrogen) atoms. The van der Waals surface area contributed by atoms with Gasteiger partial charge in [0.05, 0.1) is 22.4 Å². The molecule has 0 aliphatic heterocycles. The van der Waals surface area contributed by atoms with Crippen molar-refractivity contribution in [1.29, 1.82) is 0 Å². The normalized spacial score (nSPS) is 10.3. The number of nitro groups is 1. The second kappa shape index (κ2) is 5.21. The zero-order chi connectivity index (χ0) is 14.9. The second-order valence-corrected chi connectivity index (χ2v) is 4.69. The van der Waals surface area contributed by atoms with E-state index in [1.165, 1.54) is 11.3 Å². The van der Waals surface area contributed by atoms with Crippen molar-refractivity contribution in [3.05, 3.63) is 44.7 Å². The van der Waals surface area contributed by atoms with Gasteiger partial charge in [-0.3, -0.25) is 10.1 Å². The smallest absolute Gasteiger partial charge is 0.342 e. The maximum atomic E-state index is 13.8. The Morgan fingerprint density at radius 3 is 2.75 bits per heavy atom. The van der Waals surface area contributed by atoms with Crippen molar-refractivity contribution >= 4 is 33.8 Å². The molecule has 0 bridgehead atoms. The van der Waals surface area contributed by atoms with Crippen LogP contribution in [0, 0.1) is 22.9 Å². The third-order valence-corrected chi connectivity index (χ3v) is 3.25. The van der Waals surface area contributed by atoms with Gasteiger partial charge in [-0.1, -0.05) is 0 Å². The highest BCUT2D eigenvalue weighted by Crippen LogP contribution is 2.29. The second-order valence-electron chi connectivity index (χ2n) is 3.83. The van der Waals surface area contributed by atoms with E-state index in [9.17, 15) is 19.3 Å². The Morgan fingerprint density at radius 1 is 1.55 bits per heavy atom. The van der Waals surface area contributed by atoms with E-state index >= 15 is 0 Å². The molecule has 104 valence electrons. The monoisotopic (exact) mass is 297 g/mol. The minimum absolute atomic E-state index is 0.178. The van der Waals surface area contributed by atoms with Crippen molar-refractivity contribution in [3.8, 4) is 0 Å².